The highest BCUT2D eigenvalue weighted by Crippen LogP contribution is 2.33. The summed E-state index contributed by atoms with van der Waals surface area (Å²) < 4.78 is 28.2. The van der Waals surface area contributed by atoms with Crippen LogP contribution >= 0.6 is 22.9 Å². The number of hydrogen-bond acceptors (Lipinski definition) is 6. The molecular formula is C27H31ClN4O3S2. The van der Waals surface area contributed by atoms with Gasteiger partial charge >= 0.3 is 0 Å². The summed E-state index contributed by atoms with van der Waals surface area (Å²) in [6.07, 6.45) is 3.39. The van der Waals surface area contributed by atoms with Crippen LogP contribution in [0.5, 0.6) is 0 Å². The first-order chi connectivity index (χ1) is 17.7. The number of aryl methyl sites for hydroxylation is 1. The van der Waals surface area contributed by atoms with Gasteiger partial charge in [-0.3, -0.25) is 4.79 Å². The Hall–Kier alpha value is -2.46. The molecule has 2 aromatic heterocycles. The average molecular weight is 559 g/mol. The number of carbonyl (C=O) groups excluding carboxylic acids is 1. The number of nitrogens with one attached hydrogen (secondary N) is 1. The average Bonchev–Trinajstić information content (AvgIpc) is 3.64. The largest absolute Gasteiger partial charge is 0.354 e. The number of aromatic nitrogens is 1. The van der Waals surface area contributed by atoms with Gasteiger partial charge in [-0.25, -0.2) is 13.4 Å². The van der Waals surface area contributed by atoms with Crippen LogP contribution in [0.25, 0.3) is 11.3 Å². The van der Waals surface area contributed by atoms with Crippen LogP contribution in [0, 0.1) is 6.92 Å². The Bertz CT molecular complexity index is 1390. The highest BCUT2D eigenvalue weighted by atomic mass is 35.5. The van der Waals surface area contributed by atoms with E-state index in [-0.39, 0.29) is 10.1 Å². The quantitative estimate of drug-likeness (QED) is 0.429. The number of hydrogen-bond donors (Lipinski definition) is 1. The van der Waals surface area contributed by atoms with Crippen molar-refractivity contribution in [1.29, 1.82) is 0 Å². The van der Waals surface area contributed by atoms with E-state index in [1.807, 2.05) is 12.1 Å². The van der Waals surface area contributed by atoms with Crippen LogP contribution in [0.1, 0.15) is 43.7 Å². The summed E-state index contributed by atoms with van der Waals surface area (Å²) in [5.41, 5.74) is 4.00. The number of carbonyl (C=O) groups is 1. The molecular weight excluding hydrogens is 528 g/mol. The van der Waals surface area contributed by atoms with Gasteiger partial charge in [0.05, 0.1) is 10.0 Å². The molecule has 2 saturated heterocycles. The molecule has 1 N–H and O–H groups in total. The molecule has 0 spiro atoms. The minimum atomic E-state index is -3.78. The summed E-state index contributed by atoms with van der Waals surface area (Å²) in [6, 6.07) is 15.1. The zero-order valence-corrected chi connectivity index (χ0v) is 23.4. The molecule has 7 nitrogen and oxygen atoms in total. The van der Waals surface area contributed by atoms with E-state index < -0.39 is 16.1 Å². The molecule has 0 bridgehead atoms. The minimum absolute atomic E-state index is 0.165. The van der Waals surface area contributed by atoms with Crippen molar-refractivity contribution in [2.24, 2.45) is 0 Å². The molecule has 37 heavy (non-hydrogen) atoms. The van der Waals surface area contributed by atoms with E-state index in [0.29, 0.717) is 36.3 Å². The summed E-state index contributed by atoms with van der Waals surface area (Å²) in [5.74, 6) is 0.625. The van der Waals surface area contributed by atoms with Gasteiger partial charge in [-0.15, -0.1) is 11.3 Å². The van der Waals surface area contributed by atoms with Crippen molar-refractivity contribution in [3.8, 4) is 11.3 Å². The molecule has 1 unspecified atom stereocenters. The van der Waals surface area contributed by atoms with Crippen LogP contribution in [-0.2, 0) is 21.4 Å². The smallest absolute Gasteiger partial charge is 0.253 e. The number of nitrogens with zero attached hydrogens (tertiary/aromatic N) is 3. The highest BCUT2D eigenvalue weighted by Gasteiger charge is 2.40. The number of anilines is 1. The lowest BCUT2D eigenvalue weighted by Gasteiger charge is -2.25. The molecule has 3 aromatic rings. The molecule has 2 fully saturated rings. The Morgan fingerprint density at radius 3 is 2.54 bits per heavy atom. The molecule has 196 valence electrons. The van der Waals surface area contributed by atoms with Crippen molar-refractivity contribution in [1.82, 2.24) is 14.6 Å². The van der Waals surface area contributed by atoms with E-state index in [1.54, 1.807) is 6.07 Å². The molecule has 0 radical (unpaired) electrons. The van der Waals surface area contributed by atoms with Crippen molar-refractivity contribution in [2.45, 2.75) is 62.4 Å². The van der Waals surface area contributed by atoms with Gasteiger partial charge in [0.1, 0.15) is 16.1 Å². The first-order valence-electron chi connectivity index (χ1n) is 12.6. The van der Waals surface area contributed by atoms with Gasteiger partial charge in [0.2, 0.25) is 5.91 Å². The maximum atomic E-state index is 13.2. The topological polar surface area (TPSA) is 82.6 Å². The summed E-state index contributed by atoms with van der Waals surface area (Å²) in [5, 5.41) is 3.00. The van der Waals surface area contributed by atoms with E-state index in [0.717, 1.165) is 53.4 Å². The van der Waals surface area contributed by atoms with Crippen LogP contribution in [0.3, 0.4) is 0 Å². The van der Waals surface area contributed by atoms with Crippen LogP contribution in [0.4, 0.5) is 5.82 Å². The van der Waals surface area contributed by atoms with E-state index in [1.165, 1.54) is 15.9 Å². The van der Waals surface area contributed by atoms with Gasteiger partial charge in [-0.05, 0) is 69.4 Å². The Labute approximate surface area is 227 Å². The number of benzene rings is 1. The van der Waals surface area contributed by atoms with Crippen LogP contribution < -0.4 is 10.2 Å². The molecule has 5 rings (SSSR count). The Balaban J connectivity index is 1.37. The van der Waals surface area contributed by atoms with Gasteiger partial charge in [0, 0.05) is 31.2 Å². The van der Waals surface area contributed by atoms with Gasteiger partial charge in [0.15, 0.2) is 0 Å². The third-order valence-corrected chi connectivity index (χ3v) is 10.8. The predicted molar refractivity (Wildman–Crippen MR) is 149 cm³/mol. The van der Waals surface area contributed by atoms with E-state index in [9.17, 15) is 13.2 Å². The number of thiophene rings is 1. The second-order valence-electron chi connectivity index (χ2n) is 9.82. The van der Waals surface area contributed by atoms with E-state index in [4.69, 9.17) is 16.6 Å². The minimum Gasteiger partial charge on any atom is -0.354 e. The van der Waals surface area contributed by atoms with E-state index >= 15 is 0 Å². The highest BCUT2D eigenvalue weighted by molar-refractivity contribution is 7.91. The molecule has 2 aliphatic rings. The lowest BCUT2D eigenvalue weighted by molar-refractivity contribution is -0.124. The molecule has 1 aromatic carbocycles. The van der Waals surface area contributed by atoms with Gasteiger partial charge < -0.3 is 10.2 Å². The molecule has 4 heterocycles. The van der Waals surface area contributed by atoms with Crippen LogP contribution in [0.2, 0.25) is 4.34 Å². The van der Waals surface area contributed by atoms with Crippen molar-refractivity contribution >= 4 is 44.7 Å². The molecule has 10 heteroatoms. The lowest BCUT2D eigenvalue weighted by atomic mass is 10.1. The second kappa shape index (κ2) is 10.7. The first kappa shape index (κ1) is 26.2. The van der Waals surface area contributed by atoms with Crippen LogP contribution in [0.15, 0.2) is 52.7 Å². The van der Waals surface area contributed by atoms with Crippen molar-refractivity contribution in [3.05, 3.63) is 64.0 Å². The molecule has 1 amide bonds. The first-order valence-corrected chi connectivity index (χ1v) is 15.3. The zero-order chi connectivity index (χ0) is 26.2. The molecule has 2 atom stereocenters. The molecule has 2 aliphatic heterocycles. The fourth-order valence-electron chi connectivity index (χ4n) is 5.11. The van der Waals surface area contributed by atoms with Gasteiger partial charge in [-0.1, -0.05) is 41.4 Å². The summed E-state index contributed by atoms with van der Waals surface area (Å²) in [7, 11) is -3.78. The number of halogens is 1. The van der Waals surface area contributed by atoms with Gasteiger partial charge in [0.25, 0.3) is 10.0 Å². The zero-order valence-electron chi connectivity index (χ0n) is 21.0. The maximum Gasteiger partial charge on any atom is 0.253 e. The fourth-order valence-corrected chi connectivity index (χ4v) is 8.38. The van der Waals surface area contributed by atoms with Gasteiger partial charge in [-0.2, -0.15) is 4.31 Å². The molecule has 0 aliphatic carbocycles. The van der Waals surface area contributed by atoms with Crippen molar-refractivity contribution < 1.29 is 13.2 Å². The second-order valence-corrected chi connectivity index (χ2v) is 13.7. The number of amides is 1. The Morgan fingerprint density at radius 1 is 1.11 bits per heavy atom. The van der Waals surface area contributed by atoms with Crippen molar-refractivity contribution in [3.63, 3.8) is 0 Å². The number of rotatable bonds is 7. The summed E-state index contributed by atoms with van der Waals surface area (Å²) in [6.45, 7) is 5.84. The van der Waals surface area contributed by atoms with E-state index in [2.05, 4.69) is 48.3 Å². The SMILES string of the molecule is Cc1ccc(-c2cc(CNC(=O)[C@@H]3CCCN3S(=O)(=O)c3ccc(Cl)s3)cc(N3CCCC3C)n2)cc1. The van der Waals surface area contributed by atoms with Crippen molar-refractivity contribution in [2.75, 3.05) is 18.0 Å². The Kier molecular flexibility index (Phi) is 7.58. The number of pyridine rings is 1. The third kappa shape index (κ3) is 5.55. The standard InChI is InChI=1S/C27H31ClN4O3S2/c1-18-7-9-21(10-8-18)22-15-20(16-25(30-22)31-13-3-5-19(31)2)17-29-27(33)23-6-4-14-32(23)37(34,35)26-12-11-24(28)36-26/h7-12,15-16,19,23H,3-6,13-14,17H2,1-2H3,(H,29,33)/t19?,23-/m0/s1. The molecule has 0 saturated carbocycles. The summed E-state index contributed by atoms with van der Waals surface area (Å²) in [4.78, 5) is 20.5. The number of sulfonamides is 1. The third-order valence-electron chi connectivity index (χ3n) is 7.15. The fraction of sp³-hybridized carbons (Fsp3) is 0.407. The predicted octanol–water partition coefficient (Wildman–Crippen LogP) is 5.23. The maximum absolute atomic E-state index is 13.2. The summed E-state index contributed by atoms with van der Waals surface area (Å²) >= 11 is 6.98. The monoisotopic (exact) mass is 558 g/mol. The normalized spacial score (nSPS) is 20.5. The lowest BCUT2D eigenvalue weighted by Crippen LogP contribution is -2.45. The van der Waals surface area contributed by atoms with Crippen LogP contribution in [-0.4, -0.2) is 48.8 Å². The Morgan fingerprint density at radius 2 is 1.86 bits per heavy atom.